The van der Waals surface area contributed by atoms with Gasteiger partial charge in [-0.1, -0.05) is 35.7 Å². The van der Waals surface area contributed by atoms with Gasteiger partial charge in [0.1, 0.15) is 5.69 Å². The molecule has 0 fully saturated rings. The van der Waals surface area contributed by atoms with Crippen molar-refractivity contribution in [1.82, 2.24) is 4.57 Å². The molecule has 0 bridgehead atoms. The van der Waals surface area contributed by atoms with Gasteiger partial charge in [0.15, 0.2) is 6.29 Å². The van der Waals surface area contributed by atoms with E-state index in [1.165, 1.54) is 0 Å². The lowest BCUT2D eigenvalue weighted by Gasteiger charge is -2.01. The second-order valence-electron chi connectivity index (χ2n) is 3.12. The first-order valence-corrected chi connectivity index (χ1v) is 4.82. The van der Waals surface area contributed by atoms with Crippen molar-refractivity contribution in [2.24, 2.45) is 0 Å². The quantitative estimate of drug-likeness (QED) is 0.560. The van der Waals surface area contributed by atoms with Crippen LogP contribution in [0.5, 0.6) is 0 Å². The number of hydrogen-bond donors (Lipinski definition) is 0. The fourth-order valence-corrected chi connectivity index (χ4v) is 1.96. The lowest BCUT2D eigenvalue weighted by Crippen LogP contribution is -2.00. The number of nitrogens with zero attached hydrogens (tertiary/aromatic N) is 1. The number of rotatable bonds is 2. The van der Waals surface area contributed by atoms with E-state index in [2.05, 4.69) is 5.92 Å². The van der Waals surface area contributed by atoms with Gasteiger partial charge in [0.25, 0.3) is 0 Å². The molecule has 1 aromatic heterocycles. The molecule has 0 aliphatic carbocycles. The van der Waals surface area contributed by atoms with Crippen LogP contribution in [0.4, 0.5) is 0 Å². The molecule has 0 N–H and O–H groups in total. The summed E-state index contributed by atoms with van der Waals surface area (Å²) < 4.78 is 1.74. The van der Waals surface area contributed by atoms with E-state index >= 15 is 0 Å². The summed E-state index contributed by atoms with van der Waals surface area (Å²) in [4.78, 5) is 10.9. The average Bonchev–Trinajstić information content (AvgIpc) is 2.54. The van der Waals surface area contributed by atoms with Gasteiger partial charge in [-0.25, -0.2) is 0 Å². The molecule has 2 nitrogen and oxygen atoms in total. The molecule has 3 heteroatoms. The maximum atomic E-state index is 10.9. The van der Waals surface area contributed by atoms with Crippen molar-refractivity contribution in [2.75, 3.05) is 0 Å². The lowest BCUT2D eigenvalue weighted by molar-refractivity contribution is 0.111. The van der Waals surface area contributed by atoms with Crippen molar-refractivity contribution in [2.45, 2.75) is 6.54 Å². The number of para-hydroxylation sites is 1. The molecule has 1 aromatic carbocycles. The third kappa shape index (κ3) is 1.42. The van der Waals surface area contributed by atoms with E-state index in [9.17, 15) is 4.79 Å². The summed E-state index contributed by atoms with van der Waals surface area (Å²) in [6.45, 7) is 0.349. The highest BCUT2D eigenvalue weighted by molar-refractivity contribution is 6.38. The number of benzene rings is 1. The number of fused-ring (bicyclic) bond motifs is 1. The Morgan fingerprint density at radius 1 is 1.47 bits per heavy atom. The Balaban J connectivity index is 2.86. The molecule has 2 rings (SSSR count). The van der Waals surface area contributed by atoms with Crippen molar-refractivity contribution in [3.8, 4) is 12.3 Å². The first kappa shape index (κ1) is 9.82. The van der Waals surface area contributed by atoms with E-state index < -0.39 is 0 Å². The van der Waals surface area contributed by atoms with Crippen LogP contribution < -0.4 is 0 Å². The molecular formula is C12H8ClNO. The van der Waals surface area contributed by atoms with Crippen molar-refractivity contribution < 1.29 is 4.79 Å². The topological polar surface area (TPSA) is 22.0 Å². The van der Waals surface area contributed by atoms with Crippen LogP contribution in [0, 0.1) is 12.3 Å². The molecule has 0 amide bonds. The standard InChI is InChI=1S/C12H8ClNO/c1-2-7-14-10-6-4-3-5-9(10)12(13)11(14)8-15/h1,3-6,8H,7H2. The minimum Gasteiger partial charge on any atom is -0.325 e. The zero-order chi connectivity index (χ0) is 10.8. The van der Waals surface area contributed by atoms with Crippen molar-refractivity contribution in [3.05, 3.63) is 35.0 Å². The molecule has 74 valence electrons. The number of halogens is 1. The van der Waals surface area contributed by atoms with E-state index in [-0.39, 0.29) is 0 Å². The predicted molar refractivity (Wildman–Crippen MR) is 61.2 cm³/mol. The third-order valence-corrected chi connectivity index (χ3v) is 2.71. The molecule has 0 spiro atoms. The fraction of sp³-hybridized carbons (Fsp3) is 0.0833. The molecule has 1 heterocycles. The molecule has 15 heavy (non-hydrogen) atoms. The van der Waals surface area contributed by atoms with Gasteiger partial charge in [-0.15, -0.1) is 6.42 Å². The van der Waals surface area contributed by atoms with Gasteiger partial charge in [-0.05, 0) is 6.07 Å². The summed E-state index contributed by atoms with van der Waals surface area (Å²) >= 11 is 6.08. The maximum Gasteiger partial charge on any atom is 0.168 e. The number of carbonyl (C=O) groups is 1. The monoisotopic (exact) mass is 217 g/mol. The van der Waals surface area contributed by atoms with E-state index in [1.54, 1.807) is 4.57 Å². The highest BCUT2D eigenvalue weighted by atomic mass is 35.5. The van der Waals surface area contributed by atoms with Gasteiger partial charge < -0.3 is 4.57 Å². The van der Waals surface area contributed by atoms with Gasteiger partial charge in [0.2, 0.25) is 0 Å². The Labute approximate surface area is 92.5 Å². The summed E-state index contributed by atoms with van der Waals surface area (Å²) in [5.41, 5.74) is 1.33. The van der Waals surface area contributed by atoms with Crippen LogP contribution in [-0.4, -0.2) is 10.9 Å². The molecule has 2 aromatic rings. The van der Waals surface area contributed by atoms with Crippen molar-refractivity contribution in [1.29, 1.82) is 0 Å². The van der Waals surface area contributed by atoms with Crippen molar-refractivity contribution in [3.63, 3.8) is 0 Å². The first-order chi connectivity index (χ1) is 7.29. The van der Waals surface area contributed by atoms with Gasteiger partial charge in [-0.2, -0.15) is 0 Å². The molecule has 0 saturated carbocycles. The third-order valence-electron chi connectivity index (χ3n) is 2.31. The zero-order valence-corrected chi connectivity index (χ0v) is 8.66. The molecule has 0 aliphatic heterocycles. The molecule has 0 radical (unpaired) electrons. The first-order valence-electron chi connectivity index (χ1n) is 4.45. The van der Waals surface area contributed by atoms with Crippen LogP contribution in [0.2, 0.25) is 5.02 Å². The fourth-order valence-electron chi connectivity index (χ4n) is 1.66. The molecule has 0 atom stereocenters. The van der Waals surface area contributed by atoms with Gasteiger partial charge in [0.05, 0.1) is 17.1 Å². The van der Waals surface area contributed by atoms with E-state index in [0.717, 1.165) is 17.2 Å². The lowest BCUT2D eigenvalue weighted by atomic mass is 10.2. The van der Waals surface area contributed by atoms with E-state index in [1.807, 2.05) is 24.3 Å². The summed E-state index contributed by atoms with van der Waals surface area (Å²) in [6.07, 6.45) is 5.99. The summed E-state index contributed by atoms with van der Waals surface area (Å²) in [7, 11) is 0. The van der Waals surface area contributed by atoms with Crippen LogP contribution in [0.1, 0.15) is 10.5 Å². The minimum absolute atomic E-state index is 0.349. The van der Waals surface area contributed by atoms with Crippen LogP contribution in [0.25, 0.3) is 10.9 Å². The van der Waals surface area contributed by atoms with Gasteiger partial charge >= 0.3 is 0 Å². The number of aromatic nitrogens is 1. The van der Waals surface area contributed by atoms with Crippen molar-refractivity contribution >= 4 is 28.8 Å². The van der Waals surface area contributed by atoms with Gasteiger partial charge in [-0.3, -0.25) is 4.79 Å². The van der Waals surface area contributed by atoms with Crippen LogP contribution in [0.15, 0.2) is 24.3 Å². The Morgan fingerprint density at radius 2 is 2.20 bits per heavy atom. The largest absolute Gasteiger partial charge is 0.325 e. The normalized spacial score (nSPS) is 10.1. The number of hydrogen-bond acceptors (Lipinski definition) is 1. The van der Waals surface area contributed by atoms with E-state index in [4.69, 9.17) is 18.0 Å². The number of aldehydes is 1. The molecular weight excluding hydrogens is 210 g/mol. The molecule has 0 aliphatic rings. The van der Waals surface area contributed by atoms with Crippen LogP contribution >= 0.6 is 11.6 Å². The van der Waals surface area contributed by atoms with Crippen LogP contribution in [0.3, 0.4) is 0 Å². The van der Waals surface area contributed by atoms with Crippen LogP contribution in [-0.2, 0) is 6.54 Å². The Kier molecular flexibility index (Phi) is 2.49. The Hall–Kier alpha value is -1.72. The highest BCUT2D eigenvalue weighted by Gasteiger charge is 2.13. The summed E-state index contributed by atoms with van der Waals surface area (Å²) in [6, 6.07) is 7.53. The number of carbonyl (C=O) groups excluding carboxylic acids is 1. The number of terminal acetylenes is 1. The van der Waals surface area contributed by atoms with Gasteiger partial charge in [0, 0.05) is 5.39 Å². The minimum atomic E-state index is 0.349. The second kappa shape index (κ2) is 3.80. The summed E-state index contributed by atoms with van der Waals surface area (Å²) in [5, 5.41) is 1.33. The smallest absolute Gasteiger partial charge is 0.168 e. The Morgan fingerprint density at radius 3 is 2.87 bits per heavy atom. The maximum absolute atomic E-state index is 10.9. The molecule has 0 unspecified atom stereocenters. The Bertz CT molecular complexity index is 563. The summed E-state index contributed by atoms with van der Waals surface area (Å²) in [5.74, 6) is 2.51. The van der Waals surface area contributed by atoms with E-state index in [0.29, 0.717) is 17.3 Å². The zero-order valence-electron chi connectivity index (χ0n) is 7.90. The predicted octanol–water partition coefficient (Wildman–Crippen LogP) is 2.74. The SMILES string of the molecule is C#CCn1c(C=O)c(Cl)c2ccccc21. The molecule has 0 saturated heterocycles. The highest BCUT2D eigenvalue weighted by Crippen LogP contribution is 2.29. The second-order valence-corrected chi connectivity index (χ2v) is 3.50. The average molecular weight is 218 g/mol.